The van der Waals surface area contributed by atoms with E-state index in [-0.39, 0.29) is 0 Å². The van der Waals surface area contributed by atoms with Gasteiger partial charge in [-0.15, -0.1) is 0 Å². The summed E-state index contributed by atoms with van der Waals surface area (Å²) < 4.78 is 0.428. The highest BCUT2D eigenvalue weighted by Gasteiger charge is 2.41. The molecule has 0 bridgehead atoms. The second-order valence-electron chi connectivity index (χ2n) is 4.99. The first-order chi connectivity index (χ1) is 8.60. The molecule has 1 aliphatic carbocycles. The molecule has 0 unspecified atom stereocenters. The van der Waals surface area contributed by atoms with Crippen molar-refractivity contribution in [3.63, 3.8) is 0 Å². The minimum atomic E-state index is 0.428. The molecule has 0 aliphatic heterocycles. The second kappa shape index (κ2) is 5.34. The minimum Gasteiger partial charge on any atom is -0.383 e. The summed E-state index contributed by atoms with van der Waals surface area (Å²) in [4.78, 5) is 8.90. The zero-order chi connectivity index (χ0) is 13.2. The lowest BCUT2D eigenvalue weighted by atomic mass is 10.2. The molecule has 0 spiro atoms. The predicted octanol–water partition coefficient (Wildman–Crippen LogP) is 2.63. The SMILES string of the molecule is CCCc1nc(N)c(C)c(NCC2(SC)CC2)n1. The summed E-state index contributed by atoms with van der Waals surface area (Å²) in [6, 6.07) is 0. The van der Waals surface area contributed by atoms with Crippen LogP contribution in [0.15, 0.2) is 0 Å². The number of thioether (sulfide) groups is 1. The third-order valence-electron chi connectivity index (χ3n) is 3.52. The number of nitrogens with zero attached hydrogens (tertiary/aromatic N) is 2. The van der Waals surface area contributed by atoms with Crippen LogP contribution in [-0.2, 0) is 6.42 Å². The van der Waals surface area contributed by atoms with Crippen molar-refractivity contribution in [2.75, 3.05) is 23.9 Å². The lowest BCUT2D eigenvalue weighted by Gasteiger charge is -2.16. The molecule has 1 aliphatic rings. The molecule has 0 aromatic carbocycles. The van der Waals surface area contributed by atoms with E-state index in [0.29, 0.717) is 10.6 Å². The fourth-order valence-corrected chi connectivity index (χ4v) is 2.65. The molecule has 2 rings (SSSR count). The van der Waals surface area contributed by atoms with Gasteiger partial charge in [0, 0.05) is 23.3 Å². The van der Waals surface area contributed by atoms with Gasteiger partial charge in [-0.1, -0.05) is 6.92 Å². The van der Waals surface area contributed by atoms with Gasteiger partial charge in [0.2, 0.25) is 0 Å². The van der Waals surface area contributed by atoms with Gasteiger partial charge in [-0.05, 0) is 32.4 Å². The maximum absolute atomic E-state index is 5.94. The Morgan fingerprint density at radius 2 is 2.11 bits per heavy atom. The van der Waals surface area contributed by atoms with Crippen LogP contribution in [0.4, 0.5) is 11.6 Å². The van der Waals surface area contributed by atoms with Gasteiger partial charge in [0.05, 0.1) is 0 Å². The Kier molecular flexibility index (Phi) is 4.00. The van der Waals surface area contributed by atoms with Gasteiger partial charge < -0.3 is 11.1 Å². The van der Waals surface area contributed by atoms with Crippen molar-refractivity contribution in [2.24, 2.45) is 0 Å². The van der Waals surface area contributed by atoms with Crippen LogP contribution in [0.1, 0.15) is 37.6 Å². The van der Waals surface area contributed by atoms with Crippen molar-refractivity contribution in [1.82, 2.24) is 9.97 Å². The first-order valence-electron chi connectivity index (χ1n) is 6.52. The number of aryl methyl sites for hydroxylation is 1. The zero-order valence-electron chi connectivity index (χ0n) is 11.4. The van der Waals surface area contributed by atoms with Crippen LogP contribution in [0.5, 0.6) is 0 Å². The van der Waals surface area contributed by atoms with Crippen molar-refractivity contribution in [3.8, 4) is 0 Å². The van der Waals surface area contributed by atoms with E-state index >= 15 is 0 Å². The summed E-state index contributed by atoms with van der Waals surface area (Å²) in [6.45, 7) is 5.07. The first-order valence-corrected chi connectivity index (χ1v) is 7.75. The summed E-state index contributed by atoms with van der Waals surface area (Å²) in [5.41, 5.74) is 6.91. The molecule has 18 heavy (non-hydrogen) atoms. The van der Waals surface area contributed by atoms with E-state index in [1.165, 1.54) is 12.8 Å². The summed E-state index contributed by atoms with van der Waals surface area (Å²) in [6.07, 6.45) is 6.69. The van der Waals surface area contributed by atoms with E-state index in [1.54, 1.807) is 0 Å². The molecule has 1 saturated carbocycles. The van der Waals surface area contributed by atoms with Gasteiger partial charge in [0.1, 0.15) is 17.5 Å². The van der Waals surface area contributed by atoms with Gasteiger partial charge in [-0.2, -0.15) is 11.8 Å². The zero-order valence-corrected chi connectivity index (χ0v) is 12.2. The normalized spacial score (nSPS) is 16.6. The van der Waals surface area contributed by atoms with E-state index in [1.807, 2.05) is 18.7 Å². The van der Waals surface area contributed by atoms with Crippen LogP contribution in [0, 0.1) is 6.92 Å². The Bertz CT molecular complexity index is 429. The predicted molar refractivity (Wildman–Crippen MR) is 79.1 cm³/mol. The van der Waals surface area contributed by atoms with Crippen molar-refractivity contribution in [2.45, 2.75) is 44.3 Å². The maximum Gasteiger partial charge on any atom is 0.134 e. The Morgan fingerprint density at radius 3 is 2.67 bits per heavy atom. The smallest absolute Gasteiger partial charge is 0.134 e. The third kappa shape index (κ3) is 2.88. The van der Waals surface area contributed by atoms with Crippen LogP contribution >= 0.6 is 11.8 Å². The lowest BCUT2D eigenvalue weighted by molar-refractivity contribution is 0.830. The van der Waals surface area contributed by atoms with E-state index in [9.17, 15) is 0 Å². The number of aromatic nitrogens is 2. The van der Waals surface area contributed by atoms with Crippen molar-refractivity contribution in [1.29, 1.82) is 0 Å². The van der Waals surface area contributed by atoms with Gasteiger partial charge in [-0.3, -0.25) is 0 Å². The first kappa shape index (κ1) is 13.5. The van der Waals surface area contributed by atoms with Gasteiger partial charge in [0.25, 0.3) is 0 Å². The van der Waals surface area contributed by atoms with E-state index < -0.39 is 0 Å². The monoisotopic (exact) mass is 266 g/mol. The largest absolute Gasteiger partial charge is 0.383 e. The molecular weight excluding hydrogens is 244 g/mol. The van der Waals surface area contributed by atoms with E-state index in [0.717, 1.165) is 36.6 Å². The standard InChI is InChI=1S/C13H22N4S/c1-4-5-10-16-11(14)9(2)12(17-10)15-8-13(18-3)6-7-13/h4-8H2,1-3H3,(H3,14,15,16,17). The highest BCUT2D eigenvalue weighted by atomic mass is 32.2. The van der Waals surface area contributed by atoms with Crippen molar-refractivity contribution < 1.29 is 0 Å². The number of nitrogens with two attached hydrogens (primary N) is 1. The summed E-state index contributed by atoms with van der Waals surface area (Å²) in [5.74, 6) is 2.35. The third-order valence-corrected chi connectivity index (χ3v) is 4.94. The topological polar surface area (TPSA) is 63.8 Å². The Labute approximate surface area is 113 Å². The van der Waals surface area contributed by atoms with E-state index in [4.69, 9.17) is 5.73 Å². The highest BCUT2D eigenvalue weighted by Crippen LogP contribution is 2.47. The molecule has 5 heteroatoms. The summed E-state index contributed by atoms with van der Waals surface area (Å²) >= 11 is 1.94. The minimum absolute atomic E-state index is 0.428. The molecule has 0 saturated heterocycles. The van der Waals surface area contributed by atoms with Crippen LogP contribution < -0.4 is 11.1 Å². The number of nitrogens with one attached hydrogen (secondary N) is 1. The molecule has 1 heterocycles. The lowest BCUT2D eigenvalue weighted by Crippen LogP contribution is -2.19. The Balaban J connectivity index is 2.10. The Morgan fingerprint density at radius 1 is 1.39 bits per heavy atom. The number of nitrogen functional groups attached to an aromatic ring is 1. The summed E-state index contributed by atoms with van der Waals surface area (Å²) in [7, 11) is 0. The molecule has 4 nitrogen and oxygen atoms in total. The highest BCUT2D eigenvalue weighted by molar-refractivity contribution is 8.00. The van der Waals surface area contributed by atoms with Crippen LogP contribution in [0.3, 0.4) is 0 Å². The number of anilines is 2. The van der Waals surface area contributed by atoms with E-state index in [2.05, 4.69) is 28.5 Å². The fraction of sp³-hybridized carbons (Fsp3) is 0.692. The number of hydrogen-bond acceptors (Lipinski definition) is 5. The van der Waals surface area contributed by atoms with Gasteiger partial charge in [-0.25, -0.2) is 9.97 Å². The second-order valence-corrected chi connectivity index (χ2v) is 6.26. The van der Waals surface area contributed by atoms with Crippen LogP contribution in [-0.4, -0.2) is 27.5 Å². The van der Waals surface area contributed by atoms with Crippen LogP contribution in [0.2, 0.25) is 0 Å². The fourth-order valence-electron chi connectivity index (χ4n) is 1.93. The molecule has 0 atom stereocenters. The summed E-state index contributed by atoms with van der Waals surface area (Å²) in [5, 5.41) is 3.45. The number of hydrogen-bond donors (Lipinski definition) is 2. The van der Waals surface area contributed by atoms with Crippen molar-refractivity contribution >= 4 is 23.4 Å². The Hall–Kier alpha value is -0.970. The van der Waals surface area contributed by atoms with Gasteiger partial charge in [0.15, 0.2) is 0 Å². The number of rotatable bonds is 6. The van der Waals surface area contributed by atoms with Crippen molar-refractivity contribution in [3.05, 3.63) is 11.4 Å². The molecule has 100 valence electrons. The molecule has 0 amide bonds. The molecular formula is C13H22N4S. The average Bonchev–Trinajstić information content (AvgIpc) is 3.13. The molecule has 1 fully saturated rings. The average molecular weight is 266 g/mol. The van der Waals surface area contributed by atoms with Gasteiger partial charge >= 0.3 is 0 Å². The molecule has 0 radical (unpaired) electrons. The molecule has 1 aromatic heterocycles. The van der Waals surface area contributed by atoms with Crippen LogP contribution in [0.25, 0.3) is 0 Å². The maximum atomic E-state index is 5.94. The molecule has 1 aromatic rings. The quantitative estimate of drug-likeness (QED) is 0.828. The molecule has 3 N–H and O–H groups in total.